The number of nitrogens with zero attached hydrogens (tertiary/aromatic N) is 1. The van der Waals surface area contributed by atoms with Gasteiger partial charge in [-0.15, -0.1) is 0 Å². The van der Waals surface area contributed by atoms with E-state index < -0.39 is 0 Å². The highest BCUT2D eigenvalue weighted by molar-refractivity contribution is 4.80. The molecule has 1 heterocycles. The molecular weight excluding hydrogens is 202 g/mol. The summed E-state index contributed by atoms with van der Waals surface area (Å²) >= 11 is 0. The van der Waals surface area contributed by atoms with Crippen molar-refractivity contribution in [2.45, 2.75) is 64.7 Å². The maximum atomic E-state index is 9.72. The molecule has 3 heteroatoms. The smallest absolute Gasteiger partial charge is 0.0667 e. The minimum absolute atomic E-state index is 0.0594. The molecule has 1 rings (SSSR count). The van der Waals surface area contributed by atoms with Crippen molar-refractivity contribution in [3.8, 4) is 0 Å². The summed E-state index contributed by atoms with van der Waals surface area (Å²) in [6, 6.07) is 0.331. The lowest BCUT2D eigenvalue weighted by Crippen LogP contribution is -2.47. The van der Waals surface area contributed by atoms with Gasteiger partial charge in [0.05, 0.1) is 18.3 Å². The maximum Gasteiger partial charge on any atom is 0.0667 e. The molecule has 0 bridgehead atoms. The molecule has 0 aromatic carbocycles. The Bertz CT molecular complexity index is 199. The minimum Gasteiger partial charge on any atom is -0.392 e. The Hall–Kier alpha value is -0.120. The Morgan fingerprint density at radius 3 is 2.62 bits per heavy atom. The summed E-state index contributed by atoms with van der Waals surface area (Å²) in [5, 5.41) is 9.72. The summed E-state index contributed by atoms with van der Waals surface area (Å²) < 4.78 is 5.74. The molecule has 1 saturated heterocycles. The number of likely N-dealkylation sites (tertiary alicyclic amines) is 1. The molecule has 1 N–H and O–H groups in total. The van der Waals surface area contributed by atoms with Crippen LogP contribution < -0.4 is 0 Å². The summed E-state index contributed by atoms with van der Waals surface area (Å²) in [5.74, 6) is 0. The lowest BCUT2D eigenvalue weighted by atomic mass is 9.98. The van der Waals surface area contributed by atoms with E-state index in [-0.39, 0.29) is 11.7 Å². The Morgan fingerprint density at radius 1 is 1.38 bits per heavy atom. The van der Waals surface area contributed by atoms with E-state index in [1.165, 1.54) is 12.8 Å². The molecule has 0 aromatic rings. The average Bonchev–Trinajstić information content (AvgIpc) is 2.16. The summed E-state index contributed by atoms with van der Waals surface area (Å²) in [6.45, 7) is 10.9. The molecule has 0 aromatic heterocycles. The van der Waals surface area contributed by atoms with Crippen LogP contribution in [-0.4, -0.2) is 47.4 Å². The van der Waals surface area contributed by atoms with Gasteiger partial charge in [0, 0.05) is 12.6 Å². The summed E-state index contributed by atoms with van der Waals surface area (Å²) in [6.07, 6.45) is 3.38. The molecule has 0 spiro atoms. The van der Waals surface area contributed by atoms with Gasteiger partial charge in [-0.25, -0.2) is 0 Å². The summed E-state index contributed by atoms with van der Waals surface area (Å²) in [4.78, 5) is 2.37. The van der Waals surface area contributed by atoms with Crippen LogP contribution in [0.1, 0.15) is 47.0 Å². The van der Waals surface area contributed by atoms with Gasteiger partial charge >= 0.3 is 0 Å². The van der Waals surface area contributed by atoms with Crippen molar-refractivity contribution in [2.24, 2.45) is 0 Å². The molecule has 1 aliphatic heterocycles. The van der Waals surface area contributed by atoms with Crippen molar-refractivity contribution < 1.29 is 9.84 Å². The minimum atomic E-state index is -0.227. The van der Waals surface area contributed by atoms with Crippen molar-refractivity contribution in [1.82, 2.24) is 4.90 Å². The number of rotatable bonds is 4. The standard InChI is InChI=1S/C13H27NO2/c1-11(15)12-7-5-6-8-14(12)9-10-16-13(2,3)4/h11-12,15H,5-10H2,1-4H3. The molecule has 0 amide bonds. The van der Waals surface area contributed by atoms with Gasteiger partial charge in [0.15, 0.2) is 0 Å². The second-order valence-electron chi connectivity index (χ2n) is 5.80. The normalized spacial score (nSPS) is 25.7. The first-order valence-electron chi connectivity index (χ1n) is 6.46. The number of aliphatic hydroxyl groups is 1. The van der Waals surface area contributed by atoms with Gasteiger partial charge in [0.25, 0.3) is 0 Å². The molecule has 3 nitrogen and oxygen atoms in total. The molecule has 96 valence electrons. The Morgan fingerprint density at radius 2 is 2.06 bits per heavy atom. The molecular formula is C13H27NO2. The number of hydrogen-bond acceptors (Lipinski definition) is 3. The van der Waals surface area contributed by atoms with Crippen LogP contribution in [0, 0.1) is 0 Å². The third kappa shape index (κ3) is 4.81. The molecule has 1 fully saturated rings. The van der Waals surface area contributed by atoms with Crippen molar-refractivity contribution in [2.75, 3.05) is 19.7 Å². The van der Waals surface area contributed by atoms with Gasteiger partial charge in [-0.2, -0.15) is 0 Å². The fraction of sp³-hybridized carbons (Fsp3) is 1.00. The van der Waals surface area contributed by atoms with Crippen LogP contribution in [0.25, 0.3) is 0 Å². The predicted octanol–water partition coefficient (Wildman–Crippen LogP) is 2.04. The largest absolute Gasteiger partial charge is 0.392 e. The van der Waals surface area contributed by atoms with Crippen molar-refractivity contribution in [3.05, 3.63) is 0 Å². The van der Waals surface area contributed by atoms with Crippen LogP contribution in [0.3, 0.4) is 0 Å². The van der Waals surface area contributed by atoms with Crippen LogP contribution in [0.15, 0.2) is 0 Å². The molecule has 2 atom stereocenters. The fourth-order valence-corrected chi connectivity index (χ4v) is 2.31. The maximum absolute atomic E-state index is 9.72. The highest BCUT2D eigenvalue weighted by Crippen LogP contribution is 2.19. The number of hydrogen-bond donors (Lipinski definition) is 1. The zero-order valence-corrected chi connectivity index (χ0v) is 11.2. The van der Waals surface area contributed by atoms with Crippen molar-refractivity contribution in [3.63, 3.8) is 0 Å². The zero-order chi connectivity index (χ0) is 12.2. The topological polar surface area (TPSA) is 32.7 Å². The van der Waals surface area contributed by atoms with Gasteiger partial charge in [0.1, 0.15) is 0 Å². The molecule has 0 saturated carbocycles. The highest BCUT2D eigenvalue weighted by Gasteiger charge is 2.26. The third-order valence-electron chi connectivity index (χ3n) is 3.13. The first-order chi connectivity index (χ1) is 7.40. The van der Waals surface area contributed by atoms with E-state index in [1.54, 1.807) is 0 Å². The Labute approximate surface area is 99.8 Å². The second-order valence-corrected chi connectivity index (χ2v) is 5.80. The van der Waals surface area contributed by atoms with Gasteiger partial charge in [-0.1, -0.05) is 6.42 Å². The molecule has 1 aliphatic rings. The van der Waals surface area contributed by atoms with E-state index in [9.17, 15) is 5.11 Å². The van der Waals surface area contributed by atoms with E-state index in [4.69, 9.17) is 4.74 Å². The van der Waals surface area contributed by atoms with E-state index in [2.05, 4.69) is 25.7 Å². The Kier molecular flexibility index (Phi) is 5.22. The van der Waals surface area contributed by atoms with E-state index in [0.29, 0.717) is 6.04 Å². The number of piperidine rings is 1. The summed E-state index contributed by atoms with van der Waals surface area (Å²) in [7, 11) is 0. The lowest BCUT2D eigenvalue weighted by Gasteiger charge is -2.37. The Balaban J connectivity index is 2.33. The summed E-state index contributed by atoms with van der Waals surface area (Å²) in [5.41, 5.74) is -0.0594. The number of aliphatic hydroxyl groups excluding tert-OH is 1. The van der Waals surface area contributed by atoms with E-state index in [0.717, 1.165) is 26.1 Å². The monoisotopic (exact) mass is 229 g/mol. The van der Waals surface area contributed by atoms with Gasteiger partial charge in [-0.3, -0.25) is 4.90 Å². The van der Waals surface area contributed by atoms with E-state index in [1.807, 2.05) is 6.92 Å². The molecule has 16 heavy (non-hydrogen) atoms. The second kappa shape index (κ2) is 5.99. The lowest BCUT2D eigenvalue weighted by molar-refractivity contribution is -0.0334. The predicted molar refractivity (Wildman–Crippen MR) is 66.6 cm³/mol. The van der Waals surface area contributed by atoms with Crippen molar-refractivity contribution in [1.29, 1.82) is 0 Å². The van der Waals surface area contributed by atoms with Gasteiger partial charge in [0.2, 0.25) is 0 Å². The zero-order valence-electron chi connectivity index (χ0n) is 11.2. The van der Waals surface area contributed by atoms with Gasteiger partial charge < -0.3 is 9.84 Å². The third-order valence-corrected chi connectivity index (χ3v) is 3.13. The van der Waals surface area contributed by atoms with Gasteiger partial charge in [-0.05, 0) is 47.1 Å². The quantitative estimate of drug-likeness (QED) is 0.800. The highest BCUT2D eigenvalue weighted by atomic mass is 16.5. The fourth-order valence-electron chi connectivity index (χ4n) is 2.31. The van der Waals surface area contributed by atoms with Crippen LogP contribution in [0.2, 0.25) is 0 Å². The molecule has 0 radical (unpaired) electrons. The molecule has 0 aliphatic carbocycles. The first-order valence-corrected chi connectivity index (χ1v) is 6.46. The first kappa shape index (κ1) is 13.9. The van der Waals surface area contributed by atoms with Crippen LogP contribution >= 0.6 is 0 Å². The molecule has 2 unspecified atom stereocenters. The van der Waals surface area contributed by atoms with Crippen LogP contribution in [0.5, 0.6) is 0 Å². The van der Waals surface area contributed by atoms with Crippen molar-refractivity contribution >= 4 is 0 Å². The van der Waals surface area contributed by atoms with Crippen LogP contribution in [-0.2, 0) is 4.74 Å². The van der Waals surface area contributed by atoms with E-state index >= 15 is 0 Å². The van der Waals surface area contributed by atoms with Crippen LogP contribution in [0.4, 0.5) is 0 Å². The number of ether oxygens (including phenoxy) is 1. The SMILES string of the molecule is CC(O)C1CCCCN1CCOC(C)(C)C. The average molecular weight is 229 g/mol.